The van der Waals surface area contributed by atoms with E-state index in [9.17, 15) is 9.18 Å². The van der Waals surface area contributed by atoms with Gasteiger partial charge in [0.25, 0.3) is 5.56 Å². The van der Waals surface area contributed by atoms with Gasteiger partial charge in [-0.3, -0.25) is 4.79 Å². The standard InChI is InChI=1S/C18H12FN3OS/c19-15-8-4-3-7-14(15)16-11-24-17(21-16)10-22-18(23)13-6-2-1-5-12(13)9-20-22/h1-9,11H,10H2. The molecule has 6 heteroatoms. The van der Waals surface area contributed by atoms with Crippen LogP contribution < -0.4 is 5.56 Å². The zero-order chi connectivity index (χ0) is 16.5. The average molecular weight is 337 g/mol. The number of rotatable bonds is 3. The van der Waals surface area contributed by atoms with Crippen LogP contribution in [0.3, 0.4) is 0 Å². The van der Waals surface area contributed by atoms with Crippen LogP contribution in [0.25, 0.3) is 22.0 Å². The molecule has 2 aromatic carbocycles. The highest BCUT2D eigenvalue weighted by Gasteiger charge is 2.11. The number of thiazole rings is 1. The van der Waals surface area contributed by atoms with Crippen molar-refractivity contribution in [2.45, 2.75) is 6.54 Å². The van der Waals surface area contributed by atoms with Gasteiger partial charge in [0, 0.05) is 16.3 Å². The molecule has 2 heterocycles. The summed E-state index contributed by atoms with van der Waals surface area (Å²) in [4.78, 5) is 16.9. The molecule has 0 atom stereocenters. The Morgan fingerprint density at radius 2 is 1.88 bits per heavy atom. The van der Waals surface area contributed by atoms with Crippen LogP contribution in [0.5, 0.6) is 0 Å². The van der Waals surface area contributed by atoms with Crippen molar-refractivity contribution in [3.05, 3.63) is 81.3 Å². The molecular weight excluding hydrogens is 325 g/mol. The predicted molar refractivity (Wildman–Crippen MR) is 92.6 cm³/mol. The van der Waals surface area contributed by atoms with Crippen molar-refractivity contribution in [1.82, 2.24) is 14.8 Å². The predicted octanol–water partition coefficient (Wildman–Crippen LogP) is 3.71. The smallest absolute Gasteiger partial charge is 0.267 e. The maximum absolute atomic E-state index is 13.8. The van der Waals surface area contributed by atoms with Crippen molar-refractivity contribution in [2.75, 3.05) is 0 Å². The van der Waals surface area contributed by atoms with Crippen molar-refractivity contribution in [2.24, 2.45) is 0 Å². The van der Waals surface area contributed by atoms with E-state index in [1.165, 1.54) is 22.1 Å². The Bertz CT molecular complexity index is 1090. The fourth-order valence-electron chi connectivity index (χ4n) is 2.54. The number of hydrogen-bond acceptors (Lipinski definition) is 4. The first-order chi connectivity index (χ1) is 11.7. The molecule has 0 spiro atoms. The fraction of sp³-hybridized carbons (Fsp3) is 0.0556. The van der Waals surface area contributed by atoms with E-state index in [1.54, 1.807) is 35.8 Å². The van der Waals surface area contributed by atoms with Crippen LogP contribution in [0.2, 0.25) is 0 Å². The second-order valence-electron chi connectivity index (χ2n) is 5.30. The van der Waals surface area contributed by atoms with Crippen molar-refractivity contribution in [3.63, 3.8) is 0 Å². The average Bonchev–Trinajstić information content (AvgIpc) is 3.06. The van der Waals surface area contributed by atoms with Gasteiger partial charge >= 0.3 is 0 Å². The van der Waals surface area contributed by atoms with Gasteiger partial charge in [0.1, 0.15) is 10.8 Å². The summed E-state index contributed by atoms with van der Waals surface area (Å²) in [5, 5.41) is 8.13. The fourth-order valence-corrected chi connectivity index (χ4v) is 3.32. The van der Waals surface area contributed by atoms with Crippen LogP contribution in [0.15, 0.2) is 64.9 Å². The van der Waals surface area contributed by atoms with E-state index in [4.69, 9.17) is 0 Å². The van der Waals surface area contributed by atoms with Crippen molar-refractivity contribution in [1.29, 1.82) is 0 Å². The monoisotopic (exact) mass is 337 g/mol. The summed E-state index contributed by atoms with van der Waals surface area (Å²) in [5.74, 6) is -0.310. The number of aromatic nitrogens is 3. The van der Waals surface area contributed by atoms with E-state index in [1.807, 2.05) is 18.2 Å². The lowest BCUT2D eigenvalue weighted by Gasteiger charge is -2.03. The Hall–Kier alpha value is -2.86. The number of halogens is 1. The third-order valence-corrected chi connectivity index (χ3v) is 4.58. The summed E-state index contributed by atoms with van der Waals surface area (Å²) >= 11 is 1.38. The Morgan fingerprint density at radius 3 is 2.75 bits per heavy atom. The molecule has 0 bridgehead atoms. The van der Waals surface area contributed by atoms with E-state index in [2.05, 4.69) is 10.1 Å². The van der Waals surface area contributed by atoms with Gasteiger partial charge in [-0.2, -0.15) is 5.10 Å². The maximum Gasteiger partial charge on any atom is 0.275 e. The van der Waals surface area contributed by atoms with Gasteiger partial charge in [0.15, 0.2) is 0 Å². The van der Waals surface area contributed by atoms with E-state index in [0.717, 1.165) is 5.39 Å². The molecular formula is C18H12FN3OS. The van der Waals surface area contributed by atoms with Crippen LogP contribution in [0.4, 0.5) is 4.39 Å². The minimum absolute atomic E-state index is 0.157. The summed E-state index contributed by atoms with van der Waals surface area (Å²) in [6.45, 7) is 0.267. The number of hydrogen-bond donors (Lipinski definition) is 0. The lowest BCUT2D eigenvalue weighted by molar-refractivity contribution is 0.630. The Labute approximate surface area is 140 Å². The third-order valence-electron chi connectivity index (χ3n) is 3.75. The molecule has 0 aliphatic carbocycles. The zero-order valence-electron chi connectivity index (χ0n) is 12.5. The van der Waals surface area contributed by atoms with Gasteiger partial charge in [-0.05, 0) is 18.2 Å². The quantitative estimate of drug-likeness (QED) is 0.573. The van der Waals surface area contributed by atoms with Gasteiger partial charge in [-0.1, -0.05) is 30.3 Å². The number of benzene rings is 2. The minimum atomic E-state index is -0.310. The normalized spacial score (nSPS) is 11.0. The topological polar surface area (TPSA) is 47.8 Å². The molecule has 2 aromatic heterocycles. The van der Waals surface area contributed by atoms with Gasteiger partial charge < -0.3 is 0 Å². The highest BCUT2D eigenvalue weighted by Crippen LogP contribution is 2.24. The lowest BCUT2D eigenvalue weighted by atomic mass is 10.2. The number of nitrogens with zero attached hydrogens (tertiary/aromatic N) is 3. The largest absolute Gasteiger partial charge is 0.275 e. The van der Waals surface area contributed by atoms with Crippen LogP contribution in [-0.4, -0.2) is 14.8 Å². The van der Waals surface area contributed by atoms with Crippen molar-refractivity contribution >= 4 is 22.1 Å². The Kier molecular flexibility index (Phi) is 3.66. The Morgan fingerprint density at radius 1 is 1.08 bits per heavy atom. The second-order valence-corrected chi connectivity index (χ2v) is 6.24. The van der Waals surface area contributed by atoms with Crippen LogP contribution >= 0.6 is 11.3 Å². The van der Waals surface area contributed by atoms with Gasteiger partial charge in [-0.25, -0.2) is 14.1 Å². The van der Waals surface area contributed by atoms with E-state index in [-0.39, 0.29) is 17.9 Å². The van der Waals surface area contributed by atoms with Gasteiger partial charge in [0.05, 0.1) is 23.8 Å². The highest BCUT2D eigenvalue weighted by molar-refractivity contribution is 7.09. The van der Waals surface area contributed by atoms with Crippen LogP contribution in [-0.2, 0) is 6.54 Å². The molecule has 4 aromatic rings. The molecule has 0 saturated carbocycles. The molecule has 0 saturated heterocycles. The van der Waals surface area contributed by atoms with Crippen molar-refractivity contribution < 1.29 is 4.39 Å². The summed E-state index contributed by atoms with van der Waals surface area (Å²) in [6.07, 6.45) is 1.67. The minimum Gasteiger partial charge on any atom is -0.267 e. The maximum atomic E-state index is 13.8. The molecule has 0 amide bonds. The first kappa shape index (κ1) is 14.7. The lowest BCUT2D eigenvalue weighted by Crippen LogP contribution is -2.23. The molecule has 0 aliphatic heterocycles. The third kappa shape index (κ3) is 2.61. The summed E-state index contributed by atoms with van der Waals surface area (Å²) in [7, 11) is 0. The first-order valence-corrected chi connectivity index (χ1v) is 8.24. The molecule has 4 nitrogen and oxygen atoms in total. The molecule has 0 fully saturated rings. The highest BCUT2D eigenvalue weighted by atomic mass is 32.1. The molecule has 24 heavy (non-hydrogen) atoms. The van der Waals surface area contributed by atoms with Gasteiger partial charge in [0.2, 0.25) is 0 Å². The molecule has 0 N–H and O–H groups in total. The summed E-state index contributed by atoms with van der Waals surface area (Å²) in [6, 6.07) is 13.8. The molecule has 118 valence electrons. The van der Waals surface area contributed by atoms with Crippen LogP contribution in [0, 0.1) is 5.82 Å². The summed E-state index contributed by atoms with van der Waals surface area (Å²) in [5.41, 5.74) is 0.872. The van der Waals surface area contributed by atoms with E-state index < -0.39 is 0 Å². The van der Waals surface area contributed by atoms with Crippen LogP contribution in [0.1, 0.15) is 5.01 Å². The molecule has 0 aliphatic rings. The van der Waals surface area contributed by atoms with E-state index in [0.29, 0.717) is 21.7 Å². The molecule has 4 rings (SSSR count). The SMILES string of the molecule is O=c1c2ccccc2cnn1Cc1nc(-c2ccccc2F)cs1. The zero-order valence-corrected chi connectivity index (χ0v) is 13.3. The summed E-state index contributed by atoms with van der Waals surface area (Å²) < 4.78 is 15.2. The first-order valence-electron chi connectivity index (χ1n) is 7.36. The second kappa shape index (κ2) is 5.98. The Balaban J connectivity index is 1.69. The van der Waals surface area contributed by atoms with Gasteiger partial charge in [-0.15, -0.1) is 11.3 Å². The molecule has 0 unspecified atom stereocenters. The van der Waals surface area contributed by atoms with Crippen molar-refractivity contribution in [3.8, 4) is 11.3 Å². The van der Waals surface area contributed by atoms with E-state index >= 15 is 0 Å². The molecule has 0 radical (unpaired) electrons. The number of fused-ring (bicyclic) bond motifs is 1.